The van der Waals surface area contributed by atoms with Gasteiger partial charge in [-0.2, -0.15) is 15.3 Å². The van der Waals surface area contributed by atoms with Gasteiger partial charge in [0.05, 0.1) is 17.7 Å². The summed E-state index contributed by atoms with van der Waals surface area (Å²) in [6.45, 7) is 0. The van der Waals surface area contributed by atoms with E-state index in [9.17, 15) is 0 Å². The van der Waals surface area contributed by atoms with Crippen LogP contribution in [0.2, 0.25) is 0 Å². The summed E-state index contributed by atoms with van der Waals surface area (Å²) in [6, 6.07) is 3.80. The van der Waals surface area contributed by atoms with Crippen LogP contribution in [0.4, 0.5) is 0 Å². The summed E-state index contributed by atoms with van der Waals surface area (Å²) in [5.74, 6) is -0.513. The van der Waals surface area contributed by atoms with Gasteiger partial charge in [-0.15, -0.1) is 0 Å². The van der Waals surface area contributed by atoms with Gasteiger partial charge in [0.25, 0.3) is 0 Å². The zero-order valence-corrected chi connectivity index (χ0v) is 6.10. The van der Waals surface area contributed by atoms with Crippen LogP contribution in [0, 0.1) is 28.6 Å². The summed E-state index contributed by atoms with van der Waals surface area (Å²) in [5.41, 5.74) is 8.95. The molecule has 0 aliphatic heterocycles. The van der Waals surface area contributed by atoms with Crippen molar-refractivity contribution in [3.8, 4) is 12.1 Å². The highest BCUT2D eigenvalue weighted by Crippen LogP contribution is 2.15. The fourth-order valence-corrected chi connectivity index (χ4v) is 0.872. The number of nitriles is 2. The highest BCUT2D eigenvalue weighted by molar-refractivity contribution is 6.02. The van der Waals surface area contributed by atoms with Gasteiger partial charge in [0.1, 0.15) is 5.92 Å². The Morgan fingerprint density at radius 2 is 2.25 bits per heavy atom. The molecule has 0 aromatic rings. The third-order valence-corrected chi connectivity index (χ3v) is 1.48. The molecular weight excluding hydrogens is 152 g/mol. The van der Waals surface area contributed by atoms with Gasteiger partial charge in [-0.25, -0.2) is 0 Å². The van der Waals surface area contributed by atoms with Crippen molar-refractivity contribution < 1.29 is 4.79 Å². The Morgan fingerprint density at radius 3 is 2.75 bits per heavy atom. The van der Waals surface area contributed by atoms with E-state index in [0.717, 1.165) is 0 Å². The fraction of sp³-hybridized carbons (Fsp3) is 0.125. The minimum atomic E-state index is -0.513. The minimum Gasteiger partial charge on any atom is -0.361 e. The highest BCUT2D eigenvalue weighted by Gasteiger charge is 2.17. The first-order chi connectivity index (χ1) is 5.81. The lowest BCUT2D eigenvalue weighted by Crippen LogP contribution is -2.06. The van der Waals surface area contributed by atoms with Crippen molar-refractivity contribution in [2.75, 3.05) is 0 Å². The average molecular weight is 156 g/mol. The summed E-state index contributed by atoms with van der Waals surface area (Å²) in [4.78, 5) is 2.91. The summed E-state index contributed by atoms with van der Waals surface area (Å²) in [5, 5.41) is 17.1. The molecule has 0 aromatic heterocycles. The van der Waals surface area contributed by atoms with Crippen LogP contribution in [-0.2, 0) is 0 Å². The van der Waals surface area contributed by atoms with Crippen molar-refractivity contribution in [2.24, 2.45) is 5.92 Å². The van der Waals surface area contributed by atoms with Gasteiger partial charge in [0, 0.05) is 12.2 Å². The molecule has 1 aliphatic carbocycles. The van der Waals surface area contributed by atoms with Crippen molar-refractivity contribution in [3.05, 3.63) is 29.3 Å². The van der Waals surface area contributed by atoms with E-state index < -0.39 is 5.92 Å². The van der Waals surface area contributed by atoms with Crippen LogP contribution >= 0.6 is 0 Å². The molecule has 0 saturated carbocycles. The van der Waals surface area contributed by atoms with Gasteiger partial charge in [-0.3, -0.25) is 0 Å². The molecule has 0 amide bonds. The van der Waals surface area contributed by atoms with Gasteiger partial charge in [-0.05, 0) is 0 Å². The lowest BCUT2D eigenvalue weighted by Gasteiger charge is -2.01. The molecule has 56 valence electrons. The summed E-state index contributed by atoms with van der Waals surface area (Å²) < 4.78 is 0. The topological polar surface area (TPSA) is 84.0 Å². The predicted molar refractivity (Wildman–Crippen MR) is 40.6 cm³/mol. The van der Waals surface area contributed by atoms with E-state index >= 15 is 0 Å². The smallest absolute Gasteiger partial charge is 0.316 e. The van der Waals surface area contributed by atoms with Crippen LogP contribution in [0.15, 0.2) is 23.8 Å². The second-order valence-corrected chi connectivity index (χ2v) is 2.20. The van der Waals surface area contributed by atoms with E-state index in [2.05, 4.69) is 4.79 Å². The SMILES string of the molecule is N#CC1=CC(=[N+]=[N-])C=CC1C#N. The maximum Gasteiger partial charge on any atom is 0.316 e. The highest BCUT2D eigenvalue weighted by atomic mass is 14.8. The van der Waals surface area contributed by atoms with Crippen molar-refractivity contribution >= 4 is 5.71 Å². The van der Waals surface area contributed by atoms with Crippen LogP contribution < -0.4 is 0 Å². The van der Waals surface area contributed by atoms with E-state index in [-0.39, 0.29) is 5.71 Å². The molecule has 12 heavy (non-hydrogen) atoms. The van der Waals surface area contributed by atoms with Gasteiger partial charge in [0.15, 0.2) is 0 Å². The zero-order chi connectivity index (χ0) is 8.97. The maximum atomic E-state index is 8.57. The second-order valence-electron chi connectivity index (χ2n) is 2.20. The molecule has 0 aromatic carbocycles. The van der Waals surface area contributed by atoms with E-state index in [1.807, 2.05) is 12.1 Å². The molecule has 4 heteroatoms. The molecule has 1 rings (SSSR count). The first-order valence-electron chi connectivity index (χ1n) is 3.23. The zero-order valence-electron chi connectivity index (χ0n) is 6.10. The number of hydrogen-bond acceptors (Lipinski definition) is 2. The van der Waals surface area contributed by atoms with E-state index in [1.165, 1.54) is 18.2 Å². The Hall–Kier alpha value is -2.16. The molecule has 1 atom stereocenters. The van der Waals surface area contributed by atoms with E-state index in [1.54, 1.807) is 0 Å². The summed E-state index contributed by atoms with van der Waals surface area (Å²) in [6.07, 6.45) is 4.40. The molecule has 0 fully saturated rings. The van der Waals surface area contributed by atoms with Crippen LogP contribution in [0.25, 0.3) is 5.53 Å². The minimum absolute atomic E-state index is 0.290. The summed E-state index contributed by atoms with van der Waals surface area (Å²) >= 11 is 0. The number of hydrogen-bond donors (Lipinski definition) is 0. The molecule has 0 saturated heterocycles. The molecule has 1 aliphatic rings. The van der Waals surface area contributed by atoms with Crippen molar-refractivity contribution in [1.82, 2.24) is 0 Å². The monoisotopic (exact) mass is 156 g/mol. The van der Waals surface area contributed by atoms with Gasteiger partial charge in [0.2, 0.25) is 0 Å². The largest absolute Gasteiger partial charge is 0.361 e. The van der Waals surface area contributed by atoms with Crippen LogP contribution in [0.5, 0.6) is 0 Å². The molecule has 1 unspecified atom stereocenters. The molecule has 0 bridgehead atoms. The number of nitrogens with zero attached hydrogens (tertiary/aromatic N) is 4. The van der Waals surface area contributed by atoms with Crippen molar-refractivity contribution in [3.63, 3.8) is 0 Å². The van der Waals surface area contributed by atoms with Gasteiger partial charge < -0.3 is 5.53 Å². The van der Waals surface area contributed by atoms with E-state index in [4.69, 9.17) is 16.1 Å². The quantitative estimate of drug-likeness (QED) is 0.384. The molecule has 0 heterocycles. The lowest BCUT2D eigenvalue weighted by atomic mass is 9.95. The van der Waals surface area contributed by atoms with Crippen LogP contribution in [0.3, 0.4) is 0 Å². The first kappa shape index (κ1) is 7.94. The molecule has 0 N–H and O–H groups in total. The van der Waals surface area contributed by atoms with Crippen LogP contribution in [-0.4, -0.2) is 10.5 Å². The number of rotatable bonds is 0. The Labute approximate surface area is 69.3 Å². The fourth-order valence-electron chi connectivity index (χ4n) is 0.872. The predicted octanol–water partition coefficient (Wildman–Crippen LogP) is 0.817. The average Bonchev–Trinajstić information content (AvgIpc) is 2.16. The van der Waals surface area contributed by atoms with Crippen molar-refractivity contribution in [1.29, 1.82) is 10.5 Å². The van der Waals surface area contributed by atoms with Crippen molar-refractivity contribution in [2.45, 2.75) is 0 Å². The third kappa shape index (κ3) is 1.29. The lowest BCUT2D eigenvalue weighted by molar-refractivity contribution is -0.00169. The first-order valence-corrected chi connectivity index (χ1v) is 3.23. The molecule has 0 spiro atoms. The molecule has 0 radical (unpaired) electrons. The summed E-state index contributed by atoms with van der Waals surface area (Å²) in [7, 11) is 0. The van der Waals surface area contributed by atoms with Gasteiger partial charge >= 0.3 is 5.71 Å². The second kappa shape index (κ2) is 3.30. The molecule has 4 nitrogen and oxygen atoms in total. The Kier molecular flexibility index (Phi) is 2.18. The van der Waals surface area contributed by atoms with Crippen LogP contribution in [0.1, 0.15) is 0 Å². The van der Waals surface area contributed by atoms with E-state index in [0.29, 0.717) is 5.57 Å². The van der Waals surface area contributed by atoms with Gasteiger partial charge in [-0.1, -0.05) is 6.08 Å². The molecular formula is C8H4N4. The standard InChI is InChI=1S/C8H4N4/c9-4-6-1-2-8(12-11)3-7(6)5-10/h1-3,6H. The number of allylic oxidation sites excluding steroid dienone is 4. The Balaban J connectivity index is 3.10. The third-order valence-electron chi connectivity index (χ3n) is 1.48. The normalized spacial score (nSPS) is 20.3. The Morgan fingerprint density at radius 1 is 1.50 bits per heavy atom. The Bertz CT molecular complexity index is 382. The maximum absolute atomic E-state index is 8.57.